The number of anilines is 1. The number of hydrogen-bond donors (Lipinski definition) is 1. The molecule has 7 heteroatoms. The highest BCUT2D eigenvalue weighted by Crippen LogP contribution is 2.36. The summed E-state index contributed by atoms with van der Waals surface area (Å²) in [5.74, 6) is 0. The molecular formula is C11H3Cl3N4. The molecule has 1 N–H and O–H groups in total. The molecule has 4 nitrogen and oxygen atoms in total. The van der Waals surface area contributed by atoms with Gasteiger partial charge < -0.3 is 5.32 Å². The van der Waals surface area contributed by atoms with Crippen LogP contribution in [-0.4, -0.2) is 0 Å². The first-order valence-electron chi connectivity index (χ1n) is 4.40. The minimum absolute atomic E-state index is 0.104. The van der Waals surface area contributed by atoms with E-state index in [4.69, 9.17) is 50.6 Å². The monoisotopic (exact) mass is 296 g/mol. The summed E-state index contributed by atoms with van der Waals surface area (Å²) in [5.41, 5.74) is -0.273. The fourth-order valence-corrected chi connectivity index (χ4v) is 1.62. The smallest absolute Gasteiger partial charge is 0.163 e. The summed E-state index contributed by atoms with van der Waals surface area (Å²) in [4.78, 5) is 0. The van der Waals surface area contributed by atoms with Gasteiger partial charge in [-0.15, -0.1) is 0 Å². The fraction of sp³-hybridized carbons (Fsp3) is 0. The zero-order chi connectivity index (χ0) is 13.7. The van der Waals surface area contributed by atoms with Gasteiger partial charge in [-0.1, -0.05) is 34.8 Å². The molecule has 0 aliphatic rings. The molecule has 0 aliphatic heterocycles. The van der Waals surface area contributed by atoms with Crippen molar-refractivity contribution in [1.82, 2.24) is 0 Å². The normalized spacial score (nSPS) is 8.67. The largest absolute Gasteiger partial charge is 0.344 e. The Bertz CT molecular complexity index is 628. The van der Waals surface area contributed by atoms with Gasteiger partial charge >= 0.3 is 0 Å². The Balaban J connectivity index is 3.26. The van der Waals surface area contributed by atoms with Gasteiger partial charge in [0.2, 0.25) is 0 Å². The van der Waals surface area contributed by atoms with E-state index in [2.05, 4.69) is 5.32 Å². The predicted molar refractivity (Wildman–Crippen MR) is 69.0 cm³/mol. The van der Waals surface area contributed by atoms with Crippen LogP contribution >= 0.6 is 34.8 Å². The van der Waals surface area contributed by atoms with Crippen molar-refractivity contribution in [3.05, 3.63) is 38.5 Å². The van der Waals surface area contributed by atoms with Crippen molar-refractivity contribution >= 4 is 40.5 Å². The molecule has 0 spiro atoms. The highest BCUT2D eigenvalue weighted by molar-refractivity contribution is 6.49. The number of halogens is 3. The standard InChI is InChI=1S/C11H3Cl3N4/c12-7-1-2-8(11(14)10(7)13)18-9(5-17)6(3-15)4-16/h1-2,18H. The number of nitriles is 3. The number of benzene rings is 1. The van der Waals surface area contributed by atoms with Gasteiger partial charge in [0.15, 0.2) is 5.57 Å². The number of nitrogens with one attached hydrogen (secondary N) is 1. The van der Waals surface area contributed by atoms with Gasteiger partial charge in [-0.05, 0) is 12.1 Å². The van der Waals surface area contributed by atoms with E-state index < -0.39 is 0 Å². The average Bonchev–Trinajstić information content (AvgIpc) is 2.38. The van der Waals surface area contributed by atoms with E-state index in [9.17, 15) is 0 Å². The molecule has 1 aromatic rings. The van der Waals surface area contributed by atoms with Gasteiger partial charge in [-0.25, -0.2) is 0 Å². The van der Waals surface area contributed by atoms with E-state index in [0.29, 0.717) is 0 Å². The molecule has 0 saturated heterocycles. The molecule has 0 heterocycles. The van der Waals surface area contributed by atoms with Crippen LogP contribution in [0.3, 0.4) is 0 Å². The lowest BCUT2D eigenvalue weighted by molar-refractivity contribution is 1.37. The summed E-state index contributed by atoms with van der Waals surface area (Å²) < 4.78 is 0. The van der Waals surface area contributed by atoms with E-state index in [-0.39, 0.29) is 32.0 Å². The third-order valence-electron chi connectivity index (χ3n) is 1.88. The zero-order valence-corrected chi connectivity index (χ0v) is 10.9. The van der Waals surface area contributed by atoms with Crippen LogP contribution in [0, 0.1) is 34.0 Å². The van der Waals surface area contributed by atoms with Crippen molar-refractivity contribution < 1.29 is 0 Å². The second-order valence-electron chi connectivity index (χ2n) is 2.93. The molecule has 0 aromatic heterocycles. The summed E-state index contributed by atoms with van der Waals surface area (Å²) in [6.45, 7) is 0. The number of hydrogen-bond acceptors (Lipinski definition) is 4. The van der Waals surface area contributed by atoms with Gasteiger partial charge in [0.1, 0.15) is 23.9 Å². The van der Waals surface area contributed by atoms with Crippen molar-refractivity contribution in [3.63, 3.8) is 0 Å². The predicted octanol–water partition coefficient (Wildman–Crippen LogP) is 3.88. The topological polar surface area (TPSA) is 83.4 Å². The van der Waals surface area contributed by atoms with Gasteiger partial charge in [-0.3, -0.25) is 0 Å². The molecule has 0 aliphatic carbocycles. The quantitative estimate of drug-likeness (QED) is 0.663. The van der Waals surface area contributed by atoms with Crippen LogP contribution in [0.15, 0.2) is 23.4 Å². The van der Waals surface area contributed by atoms with Crippen LogP contribution in [0.2, 0.25) is 15.1 Å². The number of rotatable bonds is 2. The maximum Gasteiger partial charge on any atom is 0.163 e. The third kappa shape index (κ3) is 2.86. The van der Waals surface area contributed by atoms with Gasteiger partial charge in [0.05, 0.1) is 20.8 Å². The molecule has 0 unspecified atom stereocenters. The second kappa shape index (κ2) is 6.15. The Morgan fingerprint density at radius 1 is 0.944 bits per heavy atom. The van der Waals surface area contributed by atoms with E-state index in [1.54, 1.807) is 18.2 Å². The summed E-state index contributed by atoms with van der Waals surface area (Å²) >= 11 is 17.5. The van der Waals surface area contributed by atoms with Crippen molar-refractivity contribution in [2.24, 2.45) is 0 Å². The Morgan fingerprint density at radius 3 is 2.06 bits per heavy atom. The molecule has 0 amide bonds. The first-order chi connectivity index (χ1) is 8.54. The lowest BCUT2D eigenvalue weighted by Gasteiger charge is -2.08. The Labute approximate surface area is 118 Å². The highest BCUT2D eigenvalue weighted by atomic mass is 35.5. The highest BCUT2D eigenvalue weighted by Gasteiger charge is 2.12. The Hall–Kier alpha value is -1.90. The summed E-state index contributed by atoms with van der Waals surface area (Å²) in [6.07, 6.45) is 0. The van der Waals surface area contributed by atoms with Crippen molar-refractivity contribution in [2.75, 3.05) is 5.32 Å². The molecule has 0 atom stereocenters. The number of nitrogens with zero attached hydrogens (tertiary/aromatic N) is 3. The lowest BCUT2D eigenvalue weighted by atomic mass is 10.2. The van der Waals surface area contributed by atoms with E-state index >= 15 is 0 Å². The summed E-state index contributed by atoms with van der Waals surface area (Å²) in [6, 6.07) is 7.87. The molecule has 0 bridgehead atoms. The summed E-state index contributed by atoms with van der Waals surface area (Å²) in [5, 5.41) is 29.3. The average molecular weight is 298 g/mol. The third-order valence-corrected chi connectivity index (χ3v) is 3.17. The molecular weight excluding hydrogens is 295 g/mol. The van der Waals surface area contributed by atoms with Crippen LogP contribution in [0.1, 0.15) is 0 Å². The van der Waals surface area contributed by atoms with Crippen molar-refractivity contribution in [1.29, 1.82) is 15.8 Å². The minimum Gasteiger partial charge on any atom is -0.344 e. The van der Waals surface area contributed by atoms with Crippen LogP contribution in [0.4, 0.5) is 5.69 Å². The summed E-state index contributed by atoms with van der Waals surface area (Å²) in [7, 11) is 0. The van der Waals surface area contributed by atoms with Crippen LogP contribution in [-0.2, 0) is 0 Å². The Morgan fingerprint density at radius 2 is 1.56 bits per heavy atom. The Kier molecular flexibility index (Phi) is 4.84. The van der Waals surface area contributed by atoms with Crippen LogP contribution in [0.5, 0.6) is 0 Å². The molecule has 1 aromatic carbocycles. The van der Waals surface area contributed by atoms with Gasteiger partial charge in [-0.2, -0.15) is 15.8 Å². The lowest BCUT2D eigenvalue weighted by Crippen LogP contribution is -2.01. The maximum absolute atomic E-state index is 8.86. The van der Waals surface area contributed by atoms with Crippen LogP contribution < -0.4 is 5.32 Å². The van der Waals surface area contributed by atoms with Gasteiger partial charge in [0.25, 0.3) is 0 Å². The number of allylic oxidation sites excluding steroid dienone is 2. The van der Waals surface area contributed by atoms with E-state index in [0.717, 1.165) is 0 Å². The molecule has 88 valence electrons. The molecule has 0 radical (unpaired) electrons. The van der Waals surface area contributed by atoms with Gasteiger partial charge in [0, 0.05) is 0 Å². The first-order valence-corrected chi connectivity index (χ1v) is 5.53. The van der Waals surface area contributed by atoms with E-state index in [1.807, 2.05) is 0 Å². The molecule has 1 rings (SSSR count). The second-order valence-corrected chi connectivity index (χ2v) is 4.10. The fourth-order valence-electron chi connectivity index (χ4n) is 1.04. The minimum atomic E-state index is -0.348. The van der Waals surface area contributed by atoms with Crippen molar-refractivity contribution in [3.8, 4) is 18.2 Å². The molecule has 18 heavy (non-hydrogen) atoms. The van der Waals surface area contributed by atoms with Crippen molar-refractivity contribution in [2.45, 2.75) is 0 Å². The molecule has 0 fully saturated rings. The zero-order valence-electron chi connectivity index (χ0n) is 8.63. The molecule has 0 saturated carbocycles. The van der Waals surface area contributed by atoms with Crippen LogP contribution in [0.25, 0.3) is 0 Å². The first kappa shape index (κ1) is 14.2. The SMILES string of the molecule is N#CC(C#N)=C(C#N)Nc1ccc(Cl)c(Cl)c1Cl. The van der Waals surface area contributed by atoms with E-state index in [1.165, 1.54) is 12.1 Å². The maximum atomic E-state index is 8.86.